The van der Waals surface area contributed by atoms with Gasteiger partial charge in [0.1, 0.15) is 11.5 Å². The standard InChI is InChI=1S/C9H15F3NOPS2/c1-4-6-17-15(16,5-2)14-8(3,7-13)9(10,11)12/h4-6H2,1-3H3. The van der Waals surface area contributed by atoms with E-state index >= 15 is 0 Å². The highest BCUT2D eigenvalue weighted by Crippen LogP contribution is 2.63. The van der Waals surface area contributed by atoms with Crippen molar-refractivity contribution in [1.82, 2.24) is 0 Å². The van der Waals surface area contributed by atoms with E-state index in [2.05, 4.69) is 0 Å². The molecule has 0 aromatic rings. The molecule has 0 bridgehead atoms. The molecule has 100 valence electrons. The van der Waals surface area contributed by atoms with Gasteiger partial charge in [0, 0.05) is 6.16 Å². The predicted octanol–water partition coefficient (Wildman–Crippen LogP) is 4.32. The summed E-state index contributed by atoms with van der Waals surface area (Å²) in [7, 11) is 0. The molecule has 0 radical (unpaired) electrons. The molecule has 0 heterocycles. The fraction of sp³-hybridized carbons (Fsp3) is 0.889. The van der Waals surface area contributed by atoms with E-state index in [1.165, 1.54) is 17.5 Å². The molecule has 0 saturated heterocycles. The van der Waals surface area contributed by atoms with Crippen molar-refractivity contribution in [1.29, 1.82) is 5.26 Å². The van der Waals surface area contributed by atoms with Crippen LogP contribution in [0.1, 0.15) is 27.2 Å². The van der Waals surface area contributed by atoms with Gasteiger partial charge in [-0.15, -0.1) is 0 Å². The van der Waals surface area contributed by atoms with Gasteiger partial charge in [-0.05, 0) is 19.1 Å². The monoisotopic (exact) mass is 305 g/mol. The molecular formula is C9H15F3NOPS2. The molecule has 0 N–H and O–H groups in total. The third-order valence-electron chi connectivity index (χ3n) is 1.96. The lowest BCUT2D eigenvalue weighted by atomic mass is 10.1. The molecule has 8 heteroatoms. The lowest BCUT2D eigenvalue weighted by Crippen LogP contribution is -2.42. The summed E-state index contributed by atoms with van der Waals surface area (Å²) in [5.41, 5.74) is -5.45. The van der Waals surface area contributed by atoms with Gasteiger partial charge in [-0.3, -0.25) is 0 Å². The first-order chi connectivity index (χ1) is 7.64. The second kappa shape index (κ2) is 6.42. The predicted molar refractivity (Wildman–Crippen MR) is 68.7 cm³/mol. The highest BCUT2D eigenvalue weighted by Gasteiger charge is 2.55. The van der Waals surface area contributed by atoms with Crippen molar-refractivity contribution in [2.75, 3.05) is 11.9 Å². The first-order valence-electron chi connectivity index (χ1n) is 5.06. The van der Waals surface area contributed by atoms with Gasteiger partial charge in [-0.2, -0.15) is 18.4 Å². The first kappa shape index (κ1) is 17.2. The minimum atomic E-state index is -4.73. The molecule has 0 amide bonds. The van der Waals surface area contributed by atoms with Crippen molar-refractivity contribution in [2.45, 2.75) is 39.0 Å². The van der Waals surface area contributed by atoms with Gasteiger partial charge in [0.15, 0.2) is 0 Å². The largest absolute Gasteiger partial charge is 0.431 e. The Kier molecular flexibility index (Phi) is 6.51. The molecule has 0 fully saturated rings. The molecule has 0 spiro atoms. The maximum atomic E-state index is 12.7. The van der Waals surface area contributed by atoms with Crippen molar-refractivity contribution in [3.8, 4) is 6.07 Å². The van der Waals surface area contributed by atoms with Crippen LogP contribution in [0.5, 0.6) is 0 Å². The Morgan fingerprint density at radius 2 is 1.94 bits per heavy atom. The van der Waals surface area contributed by atoms with E-state index in [1.807, 2.05) is 6.92 Å². The molecule has 0 aromatic heterocycles. The van der Waals surface area contributed by atoms with Gasteiger partial charge in [-0.1, -0.05) is 37.0 Å². The summed E-state index contributed by atoms with van der Waals surface area (Å²) in [6.07, 6.45) is -3.59. The van der Waals surface area contributed by atoms with Crippen LogP contribution in [0, 0.1) is 11.3 Å². The van der Waals surface area contributed by atoms with Crippen molar-refractivity contribution >= 4 is 28.7 Å². The Balaban J connectivity index is 5.00. The zero-order valence-electron chi connectivity index (χ0n) is 9.87. The molecule has 0 saturated carbocycles. The van der Waals surface area contributed by atoms with Gasteiger partial charge >= 0.3 is 6.18 Å². The molecule has 0 aliphatic carbocycles. The van der Waals surface area contributed by atoms with E-state index in [0.717, 1.165) is 13.3 Å². The van der Waals surface area contributed by atoms with Gasteiger partial charge in [0.05, 0.1) is 0 Å². The fourth-order valence-corrected chi connectivity index (χ4v) is 6.01. The van der Waals surface area contributed by atoms with E-state index in [0.29, 0.717) is 11.9 Å². The number of rotatable bonds is 6. The molecule has 2 atom stereocenters. The summed E-state index contributed by atoms with van der Waals surface area (Å²) in [5.74, 6) is 0.643. The van der Waals surface area contributed by atoms with Crippen LogP contribution in [0.3, 0.4) is 0 Å². The van der Waals surface area contributed by atoms with E-state index in [-0.39, 0.29) is 0 Å². The molecular weight excluding hydrogens is 290 g/mol. The van der Waals surface area contributed by atoms with Crippen LogP contribution in [0.2, 0.25) is 0 Å². The number of nitriles is 1. The van der Waals surface area contributed by atoms with Gasteiger partial charge in [-0.25, -0.2) is 0 Å². The highest BCUT2D eigenvalue weighted by atomic mass is 32.9. The van der Waals surface area contributed by atoms with Crippen LogP contribution >= 0.6 is 16.8 Å². The number of hydrogen-bond donors (Lipinski definition) is 0. The minimum absolute atomic E-state index is 0.334. The number of hydrogen-bond acceptors (Lipinski definition) is 4. The van der Waals surface area contributed by atoms with Gasteiger partial charge in [0.25, 0.3) is 5.60 Å². The number of nitrogens with zero attached hydrogens (tertiary/aromatic N) is 1. The molecule has 17 heavy (non-hydrogen) atoms. The normalized spacial score (nSPS) is 19.1. The quantitative estimate of drug-likeness (QED) is 0.684. The van der Waals surface area contributed by atoms with Gasteiger partial charge in [0.2, 0.25) is 0 Å². The topological polar surface area (TPSA) is 33.0 Å². The SMILES string of the molecule is CCCSP(=S)(CC)OC(C)(C#N)C(F)(F)F. The van der Waals surface area contributed by atoms with Crippen LogP contribution < -0.4 is 0 Å². The average molecular weight is 305 g/mol. The Morgan fingerprint density at radius 1 is 1.41 bits per heavy atom. The number of alkyl halides is 3. The summed E-state index contributed by atoms with van der Waals surface area (Å²) in [4.78, 5) is 0. The average Bonchev–Trinajstić information content (AvgIpc) is 2.24. The van der Waals surface area contributed by atoms with Gasteiger partial charge < -0.3 is 4.52 Å². The Hall–Kier alpha value is 0.240. The molecule has 0 aliphatic rings. The van der Waals surface area contributed by atoms with E-state index in [1.54, 1.807) is 6.92 Å². The Morgan fingerprint density at radius 3 is 2.24 bits per heavy atom. The molecule has 0 rings (SSSR count). The lowest BCUT2D eigenvalue weighted by molar-refractivity contribution is -0.216. The Labute approximate surface area is 109 Å². The molecule has 2 nitrogen and oxygen atoms in total. The first-order valence-corrected chi connectivity index (χ1v) is 9.56. The van der Waals surface area contributed by atoms with Crippen LogP contribution in [0.15, 0.2) is 0 Å². The van der Waals surface area contributed by atoms with Crippen LogP contribution in [0.4, 0.5) is 13.2 Å². The van der Waals surface area contributed by atoms with Crippen molar-refractivity contribution < 1.29 is 17.7 Å². The minimum Gasteiger partial charge on any atom is -0.311 e. The lowest BCUT2D eigenvalue weighted by Gasteiger charge is -2.31. The molecule has 0 aromatic carbocycles. The van der Waals surface area contributed by atoms with Crippen molar-refractivity contribution in [2.24, 2.45) is 0 Å². The van der Waals surface area contributed by atoms with Crippen molar-refractivity contribution in [3.63, 3.8) is 0 Å². The van der Waals surface area contributed by atoms with E-state index in [4.69, 9.17) is 21.6 Å². The smallest absolute Gasteiger partial charge is 0.311 e. The summed E-state index contributed by atoms with van der Waals surface area (Å²) >= 11 is 6.39. The fourth-order valence-electron chi connectivity index (χ4n) is 0.826. The molecule has 2 unspecified atom stereocenters. The van der Waals surface area contributed by atoms with Crippen LogP contribution in [-0.4, -0.2) is 23.7 Å². The van der Waals surface area contributed by atoms with E-state index in [9.17, 15) is 13.2 Å². The maximum Gasteiger partial charge on any atom is 0.431 e. The van der Waals surface area contributed by atoms with Crippen LogP contribution in [0.25, 0.3) is 0 Å². The summed E-state index contributed by atoms with van der Waals surface area (Å²) in [5, 5.41) is 8.67. The maximum absolute atomic E-state index is 12.7. The zero-order chi connectivity index (χ0) is 13.7. The highest BCUT2D eigenvalue weighted by molar-refractivity contribution is 8.69. The summed E-state index contributed by atoms with van der Waals surface area (Å²) < 4.78 is 43.1. The Bertz CT molecular complexity index is 342. The van der Waals surface area contributed by atoms with E-state index < -0.39 is 17.2 Å². The number of halogens is 3. The molecule has 0 aliphatic heterocycles. The second-order valence-corrected chi connectivity index (χ2v) is 11.2. The summed E-state index contributed by atoms with van der Waals surface area (Å²) in [6.45, 7) is 4.34. The third kappa shape index (κ3) is 4.78. The van der Waals surface area contributed by atoms with Crippen LogP contribution in [-0.2, 0) is 16.3 Å². The second-order valence-electron chi connectivity index (χ2n) is 3.49. The summed E-state index contributed by atoms with van der Waals surface area (Å²) in [6, 6.07) is 1.19. The third-order valence-corrected chi connectivity index (χ3v) is 9.03. The van der Waals surface area contributed by atoms with Crippen molar-refractivity contribution in [3.05, 3.63) is 0 Å². The zero-order valence-corrected chi connectivity index (χ0v) is 12.4.